The second-order valence-corrected chi connectivity index (χ2v) is 10.2. The number of anilines is 1. The van der Waals surface area contributed by atoms with Crippen molar-refractivity contribution in [1.29, 1.82) is 5.26 Å². The van der Waals surface area contributed by atoms with Crippen molar-refractivity contribution in [3.05, 3.63) is 24.5 Å². The molecule has 1 heterocycles. The summed E-state index contributed by atoms with van der Waals surface area (Å²) < 4.78 is 25.3. The van der Waals surface area contributed by atoms with Crippen molar-refractivity contribution < 1.29 is 13.3 Å². The van der Waals surface area contributed by atoms with E-state index in [4.69, 9.17) is 15.8 Å². The van der Waals surface area contributed by atoms with Crippen LogP contribution in [0.25, 0.3) is 0 Å². The van der Waals surface area contributed by atoms with Gasteiger partial charge in [0.15, 0.2) is 0 Å². The highest BCUT2D eigenvalue weighted by atomic mass is 32.2. The molecule has 1 aliphatic rings. The molecule has 0 radical (unpaired) electrons. The van der Waals surface area contributed by atoms with E-state index in [1.807, 2.05) is 12.1 Å². The van der Waals surface area contributed by atoms with Crippen molar-refractivity contribution in [2.75, 3.05) is 30.9 Å². The molecule has 10 heteroatoms. The molecule has 1 aromatic heterocycles. The van der Waals surface area contributed by atoms with Crippen LogP contribution in [0.5, 0.6) is 0 Å². The standard InChI is InChI=1S/C22H36N6O3S/c1-32(29,30)28(31-18-20-10-6-5-7-11-20)17-9-4-2-3-8-16-27(22(24)26-19-23)21-12-14-25-15-13-21/h12-15,20H,2-11,16-18H2,1H3,(H2,24,26). The van der Waals surface area contributed by atoms with E-state index in [0.29, 0.717) is 25.6 Å². The normalized spacial score (nSPS) is 15.6. The molecule has 0 atom stereocenters. The quantitative estimate of drug-likeness (QED) is 0.156. The molecule has 1 saturated carbocycles. The zero-order valence-electron chi connectivity index (χ0n) is 19.0. The SMILES string of the molecule is CS(=O)(=O)N(CCCCCCCN(C(N)=NC#N)c1ccncc1)OCC1CCCCC1. The molecule has 0 unspecified atom stereocenters. The lowest BCUT2D eigenvalue weighted by Crippen LogP contribution is -2.38. The smallest absolute Gasteiger partial charge is 0.233 e. The fourth-order valence-electron chi connectivity index (χ4n) is 3.92. The van der Waals surface area contributed by atoms with Gasteiger partial charge in [-0.2, -0.15) is 5.26 Å². The van der Waals surface area contributed by atoms with Gasteiger partial charge < -0.3 is 10.6 Å². The van der Waals surface area contributed by atoms with Crippen LogP contribution in [-0.4, -0.2) is 49.8 Å². The molecule has 9 nitrogen and oxygen atoms in total. The number of sulfonamides is 1. The lowest BCUT2D eigenvalue weighted by atomic mass is 9.90. The van der Waals surface area contributed by atoms with Gasteiger partial charge in [0.25, 0.3) is 0 Å². The summed E-state index contributed by atoms with van der Waals surface area (Å²) in [5.41, 5.74) is 6.78. The van der Waals surface area contributed by atoms with Crippen molar-refractivity contribution in [2.45, 2.75) is 64.2 Å². The number of hydroxylamine groups is 1. The Balaban J connectivity index is 1.69. The minimum atomic E-state index is -3.37. The molecule has 32 heavy (non-hydrogen) atoms. The average Bonchev–Trinajstić information content (AvgIpc) is 2.78. The number of hydrogen-bond donors (Lipinski definition) is 1. The topological polar surface area (TPSA) is 125 Å². The molecule has 0 aromatic carbocycles. The first kappa shape index (κ1) is 26.0. The number of aliphatic imine (C=N–C) groups is 1. The van der Waals surface area contributed by atoms with Gasteiger partial charge in [-0.25, -0.2) is 8.42 Å². The zero-order valence-corrected chi connectivity index (χ0v) is 19.8. The van der Waals surface area contributed by atoms with Gasteiger partial charge in [-0.1, -0.05) is 43.0 Å². The second-order valence-electron chi connectivity index (χ2n) is 8.28. The Morgan fingerprint density at radius 2 is 1.78 bits per heavy atom. The van der Waals surface area contributed by atoms with Crippen molar-refractivity contribution in [3.63, 3.8) is 0 Å². The number of hydrogen-bond acceptors (Lipinski definition) is 6. The van der Waals surface area contributed by atoms with Gasteiger partial charge in [0.1, 0.15) is 0 Å². The summed E-state index contributed by atoms with van der Waals surface area (Å²) in [6.45, 7) is 1.51. The molecular weight excluding hydrogens is 428 g/mol. The molecule has 1 aromatic rings. The molecule has 0 amide bonds. The van der Waals surface area contributed by atoms with Gasteiger partial charge in [-0.05, 0) is 43.7 Å². The molecular formula is C22H36N6O3S. The minimum absolute atomic E-state index is 0.164. The summed E-state index contributed by atoms with van der Waals surface area (Å²) >= 11 is 0. The largest absolute Gasteiger partial charge is 0.369 e. The summed E-state index contributed by atoms with van der Waals surface area (Å²) in [5, 5.41) is 8.80. The molecule has 2 rings (SSSR count). The van der Waals surface area contributed by atoms with Gasteiger partial charge in [0.05, 0.1) is 12.9 Å². The first-order valence-corrected chi connectivity index (χ1v) is 13.3. The Hall–Kier alpha value is -2.22. The molecule has 0 bridgehead atoms. The van der Waals surface area contributed by atoms with Crippen LogP contribution < -0.4 is 10.6 Å². The van der Waals surface area contributed by atoms with Gasteiger partial charge >= 0.3 is 0 Å². The molecule has 178 valence electrons. The van der Waals surface area contributed by atoms with Crippen LogP contribution in [-0.2, 0) is 14.9 Å². The number of unbranched alkanes of at least 4 members (excludes halogenated alkanes) is 4. The average molecular weight is 465 g/mol. The van der Waals surface area contributed by atoms with E-state index in [1.54, 1.807) is 23.5 Å². The third-order valence-corrected chi connectivity index (χ3v) is 6.71. The molecule has 2 N–H and O–H groups in total. The van der Waals surface area contributed by atoms with E-state index in [9.17, 15) is 8.42 Å². The Kier molecular flexibility index (Phi) is 11.4. The van der Waals surface area contributed by atoms with E-state index in [2.05, 4.69) is 9.98 Å². The summed E-state index contributed by atoms with van der Waals surface area (Å²) in [4.78, 5) is 15.1. The lowest BCUT2D eigenvalue weighted by molar-refractivity contribution is -0.102. The third-order valence-electron chi connectivity index (χ3n) is 5.69. The first-order valence-electron chi connectivity index (χ1n) is 11.4. The first-order chi connectivity index (χ1) is 15.4. The fourth-order valence-corrected chi connectivity index (χ4v) is 4.63. The van der Waals surface area contributed by atoms with Crippen molar-refractivity contribution >= 4 is 21.7 Å². The fraction of sp³-hybridized carbons (Fsp3) is 0.682. The van der Waals surface area contributed by atoms with Gasteiger partial charge in [0.2, 0.25) is 22.2 Å². The highest BCUT2D eigenvalue weighted by molar-refractivity contribution is 7.88. The van der Waals surface area contributed by atoms with E-state index >= 15 is 0 Å². The predicted molar refractivity (Wildman–Crippen MR) is 126 cm³/mol. The van der Waals surface area contributed by atoms with E-state index in [1.165, 1.54) is 30.0 Å². The Morgan fingerprint density at radius 3 is 2.41 bits per heavy atom. The van der Waals surface area contributed by atoms with E-state index < -0.39 is 10.0 Å². The number of aromatic nitrogens is 1. The van der Waals surface area contributed by atoms with Crippen LogP contribution in [0.2, 0.25) is 0 Å². The maximum atomic E-state index is 12.0. The van der Waals surface area contributed by atoms with Crippen LogP contribution in [0.4, 0.5) is 5.69 Å². The summed E-state index contributed by atoms with van der Waals surface area (Å²) in [6.07, 6.45) is 16.7. The van der Waals surface area contributed by atoms with Crippen molar-refractivity contribution in [2.24, 2.45) is 16.6 Å². The highest BCUT2D eigenvalue weighted by Gasteiger charge is 2.21. The van der Waals surface area contributed by atoms with Crippen LogP contribution >= 0.6 is 0 Å². The third kappa shape index (κ3) is 9.51. The van der Waals surface area contributed by atoms with E-state index in [0.717, 1.165) is 50.6 Å². The van der Waals surface area contributed by atoms with Crippen LogP contribution in [0, 0.1) is 17.4 Å². The van der Waals surface area contributed by atoms with Crippen LogP contribution in [0.1, 0.15) is 64.2 Å². The number of guanidine groups is 1. The second kappa shape index (κ2) is 14.0. The number of rotatable bonds is 13. The summed E-state index contributed by atoms with van der Waals surface area (Å²) in [5.74, 6) is 0.631. The van der Waals surface area contributed by atoms with Crippen molar-refractivity contribution in [1.82, 2.24) is 9.45 Å². The monoisotopic (exact) mass is 464 g/mol. The molecule has 1 aliphatic carbocycles. The molecule has 0 spiro atoms. The van der Waals surface area contributed by atoms with Gasteiger partial charge in [0, 0.05) is 31.2 Å². The maximum absolute atomic E-state index is 12.0. The Bertz CT molecular complexity index is 835. The summed E-state index contributed by atoms with van der Waals surface area (Å²) in [7, 11) is -3.37. The Labute approximate surface area is 192 Å². The van der Waals surface area contributed by atoms with Crippen molar-refractivity contribution in [3.8, 4) is 6.19 Å². The van der Waals surface area contributed by atoms with E-state index in [-0.39, 0.29) is 5.96 Å². The highest BCUT2D eigenvalue weighted by Crippen LogP contribution is 2.24. The molecule has 0 aliphatic heterocycles. The lowest BCUT2D eigenvalue weighted by Gasteiger charge is -2.25. The minimum Gasteiger partial charge on any atom is -0.369 e. The van der Waals surface area contributed by atoms with Gasteiger partial charge in [-0.15, -0.1) is 4.99 Å². The van der Waals surface area contributed by atoms with Crippen LogP contribution in [0.3, 0.4) is 0 Å². The predicted octanol–water partition coefficient (Wildman–Crippen LogP) is 3.41. The number of nitriles is 1. The summed E-state index contributed by atoms with van der Waals surface area (Å²) in [6, 6.07) is 3.65. The number of pyridine rings is 1. The maximum Gasteiger partial charge on any atom is 0.233 e. The van der Waals surface area contributed by atoms with Gasteiger partial charge in [-0.3, -0.25) is 9.82 Å². The number of nitrogens with zero attached hydrogens (tertiary/aromatic N) is 5. The number of nitrogens with two attached hydrogens (primary N) is 1. The van der Waals surface area contributed by atoms with Crippen LogP contribution in [0.15, 0.2) is 29.5 Å². The zero-order chi connectivity index (χ0) is 23.2. The molecule has 1 fully saturated rings. The molecule has 0 saturated heterocycles. The Morgan fingerprint density at radius 1 is 1.16 bits per heavy atom.